The summed E-state index contributed by atoms with van der Waals surface area (Å²) >= 11 is 0. The molecule has 1 aromatic carbocycles. The highest BCUT2D eigenvalue weighted by molar-refractivity contribution is 6.44. The fraction of sp³-hybridized carbons (Fsp3) is 0.500. The SMILES string of the molecule is C=C(OCOC(=O)C(C)(C)C)c1cc(CC)cc2c1OB(O)CC2. The van der Waals surface area contributed by atoms with E-state index < -0.39 is 12.5 Å². The maximum atomic E-state index is 11.8. The van der Waals surface area contributed by atoms with Crippen LogP contribution in [0, 0.1) is 5.41 Å². The molecule has 6 heteroatoms. The zero-order chi connectivity index (χ0) is 17.9. The molecule has 0 aromatic heterocycles. The number of ether oxygens (including phenoxy) is 2. The first-order valence-electron chi connectivity index (χ1n) is 8.22. The van der Waals surface area contributed by atoms with Crippen molar-refractivity contribution in [3.63, 3.8) is 0 Å². The van der Waals surface area contributed by atoms with Gasteiger partial charge in [0.05, 0.1) is 11.0 Å². The van der Waals surface area contributed by atoms with Gasteiger partial charge in [-0.2, -0.15) is 0 Å². The molecule has 0 bridgehead atoms. The molecule has 0 radical (unpaired) electrons. The van der Waals surface area contributed by atoms with Crippen LogP contribution >= 0.6 is 0 Å². The second kappa shape index (κ2) is 7.30. The van der Waals surface area contributed by atoms with Crippen LogP contribution in [0.2, 0.25) is 6.32 Å². The molecular formula is C18H25BO5. The summed E-state index contributed by atoms with van der Waals surface area (Å²) in [5.41, 5.74) is 2.28. The van der Waals surface area contributed by atoms with Crippen molar-refractivity contribution in [1.82, 2.24) is 0 Å². The van der Waals surface area contributed by atoms with Gasteiger partial charge in [-0.05, 0) is 57.1 Å². The van der Waals surface area contributed by atoms with Crippen molar-refractivity contribution in [2.45, 2.75) is 46.9 Å². The normalized spacial score (nSPS) is 13.8. The zero-order valence-corrected chi connectivity index (χ0v) is 14.8. The Morgan fingerprint density at radius 3 is 2.71 bits per heavy atom. The van der Waals surface area contributed by atoms with Crippen molar-refractivity contribution in [1.29, 1.82) is 0 Å². The first-order chi connectivity index (χ1) is 11.2. The summed E-state index contributed by atoms with van der Waals surface area (Å²) in [4.78, 5) is 11.8. The average Bonchev–Trinajstić information content (AvgIpc) is 2.52. The van der Waals surface area contributed by atoms with E-state index in [4.69, 9.17) is 14.1 Å². The van der Waals surface area contributed by atoms with Crippen molar-refractivity contribution in [3.05, 3.63) is 35.4 Å². The fourth-order valence-corrected chi connectivity index (χ4v) is 2.41. The number of esters is 1. The highest BCUT2D eigenvalue weighted by atomic mass is 16.7. The molecule has 24 heavy (non-hydrogen) atoms. The summed E-state index contributed by atoms with van der Waals surface area (Å²) in [5, 5.41) is 9.76. The molecule has 1 heterocycles. The van der Waals surface area contributed by atoms with Gasteiger partial charge in [0.1, 0.15) is 11.5 Å². The first kappa shape index (κ1) is 18.4. The van der Waals surface area contributed by atoms with Gasteiger partial charge >= 0.3 is 13.1 Å². The van der Waals surface area contributed by atoms with Crippen molar-refractivity contribution in [3.8, 4) is 5.75 Å². The Morgan fingerprint density at radius 2 is 2.08 bits per heavy atom. The summed E-state index contributed by atoms with van der Waals surface area (Å²) in [7, 11) is -0.824. The Bertz CT molecular complexity index is 633. The second-order valence-corrected chi connectivity index (χ2v) is 6.96. The molecule has 0 unspecified atom stereocenters. The Labute approximate surface area is 143 Å². The van der Waals surface area contributed by atoms with Crippen LogP contribution in [0.5, 0.6) is 5.75 Å². The van der Waals surface area contributed by atoms with Gasteiger partial charge in [-0.25, -0.2) is 0 Å². The monoisotopic (exact) mass is 332 g/mol. The lowest BCUT2D eigenvalue weighted by Gasteiger charge is -2.24. The molecule has 1 aliphatic heterocycles. The molecule has 1 aromatic rings. The van der Waals surface area contributed by atoms with E-state index in [0.29, 0.717) is 23.4 Å². The van der Waals surface area contributed by atoms with E-state index in [2.05, 4.69) is 19.6 Å². The number of hydrogen-bond donors (Lipinski definition) is 1. The van der Waals surface area contributed by atoms with Crippen LogP contribution in [0.4, 0.5) is 0 Å². The van der Waals surface area contributed by atoms with E-state index in [0.717, 1.165) is 24.0 Å². The third-order valence-electron chi connectivity index (χ3n) is 3.88. The number of hydrogen-bond acceptors (Lipinski definition) is 5. The Kier molecular flexibility index (Phi) is 5.60. The molecule has 0 saturated carbocycles. The van der Waals surface area contributed by atoms with Crippen LogP contribution in [0.3, 0.4) is 0 Å². The number of aryl methyl sites for hydroxylation is 2. The Balaban J connectivity index is 2.12. The highest BCUT2D eigenvalue weighted by Gasteiger charge is 2.27. The van der Waals surface area contributed by atoms with E-state index in [1.165, 1.54) is 0 Å². The topological polar surface area (TPSA) is 65.0 Å². The lowest BCUT2D eigenvalue weighted by molar-refractivity contribution is -0.161. The fourth-order valence-electron chi connectivity index (χ4n) is 2.41. The molecule has 1 N–H and O–H groups in total. The zero-order valence-electron chi connectivity index (χ0n) is 14.8. The summed E-state index contributed by atoms with van der Waals surface area (Å²) in [5.74, 6) is 0.613. The molecule has 130 valence electrons. The highest BCUT2D eigenvalue weighted by Crippen LogP contribution is 2.35. The molecule has 0 saturated heterocycles. The largest absolute Gasteiger partial charge is 0.535 e. The summed E-state index contributed by atoms with van der Waals surface area (Å²) in [6, 6.07) is 4.02. The quantitative estimate of drug-likeness (QED) is 0.388. The molecule has 0 aliphatic carbocycles. The first-order valence-corrected chi connectivity index (χ1v) is 8.22. The average molecular weight is 332 g/mol. The van der Waals surface area contributed by atoms with Crippen LogP contribution < -0.4 is 4.65 Å². The number of fused-ring (bicyclic) bond motifs is 1. The molecule has 0 fully saturated rings. The molecule has 5 nitrogen and oxygen atoms in total. The van der Waals surface area contributed by atoms with Crippen LogP contribution in [-0.4, -0.2) is 24.9 Å². The molecule has 2 rings (SSSR count). The molecule has 0 amide bonds. The van der Waals surface area contributed by atoms with Crippen LogP contribution in [0.1, 0.15) is 44.4 Å². The lowest BCUT2D eigenvalue weighted by Crippen LogP contribution is -2.27. The number of carbonyl (C=O) groups excluding carboxylic acids is 1. The number of benzene rings is 1. The van der Waals surface area contributed by atoms with Crippen LogP contribution in [-0.2, 0) is 27.1 Å². The third-order valence-corrected chi connectivity index (χ3v) is 3.88. The Morgan fingerprint density at radius 1 is 1.38 bits per heavy atom. The minimum atomic E-state index is -0.824. The van der Waals surface area contributed by atoms with Gasteiger partial charge in [0.15, 0.2) is 0 Å². The smallest absolute Gasteiger partial charge is 0.522 e. The van der Waals surface area contributed by atoms with Gasteiger partial charge in [-0.15, -0.1) is 0 Å². The summed E-state index contributed by atoms with van der Waals surface area (Å²) in [6.45, 7) is 11.1. The maximum Gasteiger partial charge on any atom is 0.522 e. The Hall–Kier alpha value is -1.95. The number of rotatable bonds is 5. The predicted octanol–water partition coefficient (Wildman–Crippen LogP) is 3.20. The van der Waals surface area contributed by atoms with E-state index in [9.17, 15) is 9.82 Å². The molecule has 0 spiro atoms. The van der Waals surface area contributed by atoms with Crippen LogP contribution in [0.25, 0.3) is 5.76 Å². The lowest BCUT2D eigenvalue weighted by atomic mass is 9.78. The summed E-state index contributed by atoms with van der Waals surface area (Å²) in [6.07, 6.45) is 2.18. The molecular weight excluding hydrogens is 307 g/mol. The van der Waals surface area contributed by atoms with Gasteiger partial charge in [0.2, 0.25) is 6.79 Å². The predicted molar refractivity (Wildman–Crippen MR) is 93.5 cm³/mol. The van der Waals surface area contributed by atoms with Crippen molar-refractivity contribution in [2.24, 2.45) is 5.41 Å². The summed E-state index contributed by atoms with van der Waals surface area (Å²) < 4.78 is 16.2. The van der Waals surface area contributed by atoms with Gasteiger partial charge in [0.25, 0.3) is 0 Å². The minimum absolute atomic E-state index is 0.206. The van der Waals surface area contributed by atoms with Crippen LogP contribution in [0.15, 0.2) is 18.7 Å². The number of carbonyl (C=O) groups is 1. The van der Waals surface area contributed by atoms with E-state index in [-0.39, 0.29) is 12.8 Å². The van der Waals surface area contributed by atoms with E-state index in [1.54, 1.807) is 20.8 Å². The van der Waals surface area contributed by atoms with Crippen molar-refractivity contribution in [2.75, 3.05) is 6.79 Å². The van der Waals surface area contributed by atoms with Gasteiger partial charge in [-0.1, -0.05) is 19.6 Å². The minimum Gasteiger partial charge on any atom is -0.535 e. The van der Waals surface area contributed by atoms with Crippen molar-refractivity contribution < 1.29 is 23.9 Å². The van der Waals surface area contributed by atoms with E-state index >= 15 is 0 Å². The van der Waals surface area contributed by atoms with Gasteiger partial charge in [-0.3, -0.25) is 4.79 Å². The van der Waals surface area contributed by atoms with Gasteiger partial charge in [0, 0.05) is 0 Å². The van der Waals surface area contributed by atoms with Crippen molar-refractivity contribution >= 4 is 18.8 Å². The molecule has 1 aliphatic rings. The maximum absolute atomic E-state index is 11.8. The second-order valence-electron chi connectivity index (χ2n) is 6.96. The van der Waals surface area contributed by atoms with Gasteiger partial charge < -0.3 is 19.2 Å². The standard InChI is InChI=1S/C18H25BO5/c1-6-13-9-14-7-8-19(21)24-16(14)15(10-13)12(2)22-11-23-17(20)18(3,4)5/h9-10,21H,2,6-8,11H2,1,3-5H3. The third kappa shape index (κ3) is 4.32. The molecule has 0 atom stereocenters. The van der Waals surface area contributed by atoms with E-state index in [1.807, 2.05) is 6.07 Å².